The molecule has 5 rings (SSSR count). The minimum atomic E-state index is -0.299. The van der Waals surface area contributed by atoms with E-state index < -0.39 is 0 Å². The molecule has 2 fully saturated rings. The Bertz CT molecular complexity index is 1150. The van der Waals surface area contributed by atoms with Crippen LogP contribution >= 0.6 is 0 Å². The molecule has 0 unspecified atom stereocenters. The van der Waals surface area contributed by atoms with Gasteiger partial charge in [-0.1, -0.05) is 6.07 Å². The van der Waals surface area contributed by atoms with E-state index in [1.807, 2.05) is 49.1 Å². The fourth-order valence-electron chi connectivity index (χ4n) is 4.37. The maximum absolute atomic E-state index is 13.1. The number of carbonyl (C=O) groups is 2. The first-order valence-electron chi connectivity index (χ1n) is 11.1. The zero-order valence-corrected chi connectivity index (χ0v) is 18.8. The molecular weight excluding hydrogens is 420 g/mol. The smallest absolute Gasteiger partial charge is 0.228 e. The van der Waals surface area contributed by atoms with E-state index in [0.717, 1.165) is 17.1 Å². The van der Waals surface area contributed by atoms with Crippen molar-refractivity contribution in [2.45, 2.75) is 20.3 Å². The molecule has 33 heavy (non-hydrogen) atoms. The van der Waals surface area contributed by atoms with Gasteiger partial charge in [0.25, 0.3) is 0 Å². The summed E-state index contributed by atoms with van der Waals surface area (Å²) < 4.78 is 1.55. The predicted octanol–water partition coefficient (Wildman–Crippen LogP) is 1.38. The first-order valence-corrected chi connectivity index (χ1v) is 11.1. The molecule has 0 radical (unpaired) electrons. The lowest BCUT2D eigenvalue weighted by Crippen LogP contribution is -2.51. The van der Waals surface area contributed by atoms with Crippen molar-refractivity contribution in [1.29, 1.82) is 0 Å². The van der Waals surface area contributed by atoms with Crippen LogP contribution in [0.1, 0.15) is 17.5 Å². The monoisotopic (exact) mass is 446 g/mol. The molecule has 170 valence electrons. The number of anilines is 2. The third-order valence-electron chi connectivity index (χ3n) is 6.48. The van der Waals surface area contributed by atoms with Gasteiger partial charge in [-0.25, -0.2) is 9.67 Å². The molecule has 0 aliphatic carbocycles. The number of benzene rings is 1. The van der Waals surface area contributed by atoms with Crippen LogP contribution in [-0.2, 0) is 9.59 Å². The molecule has 2 aliphatic rings. The Labute approximate surface area is 191 Å². The van der Waals surface area contributed by atoms with Crippen molar-refractivity contribution < 1.29 is 9.59 Å². The Hall–Kier alpha value is -3.82. The van der Waals surface area contributed by atoms with Crippen LogP contribution in [0, 0.1) is 19.8 Å². The summed E-state index contributed by atoms with van der Waals surface area (Å²) in [5.41, 5.74) is 3.20. The van der Waals surface area contributed by atoms with E-state index >= 15 is 0 Å². The number of hydrogen-bond acceptors (Lipinski definition) is 7. The number of aromatic nitrogens is 5. The highest BCUT2D eigenvalue weighted by molar-refractivity contribution is 6.00. The van der Waals surface area contributed by atoms with Crippen LogP contribution in [0.15, 0.2) is 43.0 Å². The Morgan fingerprint density at radius 2 is 1.73 bits per heavy atom. The molecule has 2 aliphatic heterocycles. The maximum atomic E-state index is 13.1. The number of piperazine rings is 1. The standard InChI is InChI=1S/C23H26N8O2/c1-16-3-4-19(11-17(16)2)30-13-18(12-22(30)32)23(33)29-9-7-28(8-10-29)20-5-6-21(27-26-20)31-15-24-14-25-31/h3-6,11,14-15,18H,7-10,12-13H2,1-2H3/t18-/m1/s1. The van der Waals surface area contributed by atoms with Crippen molar-refractivity contribution >= 4 is 23.3 Å². The third kappa shape index (κ3) is 4.15. The number of aryl methyl sites for hydroxylation is 2. The second-order valence-corrected chi connectivity index (χ2v) is 8.58. The number of carbonyl (C=O) groups excluding carboxylic acids is 2. The summed E-state index contributed by atoms with van der Waals surface area (Å²) in [6, 6.07) is 9.75. The molecule has 2 amide bonds. The molecule has 0 N–H and O–H groups in total. The van der Waals surface area contributed by atoms with Crippen LogP contribution in [0.2, 0.25) is 0 Å². The molecule has 1 aromatic carbocycles. The zero-order valence-electron chi connectivity index (χ0n) is 18.8. The predicted molar refractivity (Wildman–Crippen MR) is 122 cm³/mol. The van der Waals surface area contributed by atoms with E-state index in [-0.39, 0.29) is 24.2 Å². The molecule has 0 bridgehead atoms. The highest BCUT2D eigenvalue weighted by atomic mass is 16.2. The normalized spacial score (nSPS) is 18.8. The van der Waals surface area contributed by atoms with Gasteiger partial charge in [0, 0.05) is 44.8 Å². The second-order valence-electron chi connectivity index (χ2n) is 8.58. The third-order valence-corrected chi connectivity index (χ3v) is 6.48. The zero-order chi connectivity index (χ0) is 22.9. The van der Waals surface area contributed by atoms with E-state index in [0.29, 0.717) is 38.5 Å². The van der Waals surface area contributed by atoms with Gasteiger partial charge < -0.3 is 14.7 Å². The highest BCUT2D eigenvalue weighted by Gasteiger charge is 2.38. The molecule has 10 heteroatoms. The Kier molecular flexibility index (Phi) is 5.49. The van der Waals surface area contributed by atoms with Gasteiger partial charge in [-0.3, -0.25) is 9.59 Å². The van der Waals surface area contributed by atoms with E-state index in [4.69, 9.17) is 0 Å². The van der Waals surface area contributed by atoms with Crippen molar-refractivity contribution in [1.82, 2.24) is 29.9 Å². The van der Waals surface area contributed by atoms with Crippen LogP contribution < -0.4 is 9.80 Å². The number of rotatable bonds is 4. The minimum absolute atomic E-state index is 0.0120. The van der Waals surface area contributed by atoms with Crippen molar-refractivity contribution in [3.05, 3.63) is 54.1 Å². The summed E-state index contributed by atoms with van der Waals surface area (Å²) in [7, 11) is 0. The molecule has 4 heterocycles. The lowest BCUT2D eigenvalue weighted by Gasteiger charge is -2.36. The fourth-order valence-corrected chi connectivity index (χ4v) is 4.37. The Morgan fingerprint density at radius 1 is 0.970 bits per heavy atom. The summed E-state index contributed by atoms with van der Waals surface area (Å²) >= 11 is 0. The first kappa shape index (κ1) is 21.0. The second kappa shape index (κ2) is 8.61. The lowest BCUT2D eigenvalue weighted by atomic mass is 10.1. The summed E-state index contributed by atoms with van der Waals surface area (Å²) in [4.78, 5) is 35.4. The minimum Gasteiger partial charge on any atom is -0.352 e. The Balaban J connectivity index is 1.18. The first-order chi connectivity index (χ1) is 16.0. The van der Waals surface area contributed by atoms with Crippen molar-refractivity contribution in [2.75, 3.05) is 42.5 Å². The molecule has 3 aromatic rings. The quantitative estimate of drug-likeness (QED) is 0.597. The molecular formula is C23H26N8O2. The van der Waals surface area contributed by atoms with Gasteiger partial charge in [0.2, 0.25) is 11.8 Å². The average Bonchev–Trinajstić information content (AvgIpc) is 3.51. The average molecular weight is 447 g/mol. The number of hydrogen-bond donors (Lipinski definition) is 0. The van der Waals surface area contributed by atoms with Crippen molar-refractivity contribution in [2.24, 2.45) is 5.92 Å². The lowest BCUT2D eigenvalue weighted by molar-refractivity contribution is -0.136. The van der Waals surface area contributed by atoms with Gasteiger partial charge >= 0.3 is 0 Å². The van der Waals surface area contributed by atoms with Crippen LogP contribution in [0.5, 0.6) is 0 Å². The van der Waals surface area contributed by atoms with Gasteiger partial charge in [0.15, 0.2) is 11.6 Å². The van der Waals surface area contributed by atoms with E-state index in [1.165, 1.54) is 11.9 Å². The van der Waals surface area contributed by atoms with Crippen LogP contribution in [0.4, 0.5) is 11.5 Å². The SMILES string of the molecule is Cc1ccc(N2C[C@H](C(=O)N3CCN(c4ccc(-n5cncn5)nn4)CC3)CC2=O)cc1C. The van der Waals surface area contributed by atoms with E-state index in [2.05, 4.69) is 25.2 Å². The van der Waals surface area contributed by atoms with Gasteiger partial charge in [-0.05, 0) is 49.2 Å². The number of nitrogens with zero attached hydrogens (tertiary/aromatic N) is 8. The van der Waals surface area contributed by atoms with Gasteiger partial charge in [-0.15, -0.1) is 10.2 Å². The Morgan fingerprint density at radius 3 is 2.39 bits per heavy atom. The molecule has 10 nitrogen and oxygen atoms in total. The fraction of sp³-hybridized carbons (Fsp3) is 0.391. The number of amides is 2. The molecule has 2 aromatic heterocycles. The topological polar surface area (TPSA) is 100 Å². The van der Waals surface area contributed by atoms with E-state index in [9.17, 15) is 9.59 Å². The van der Waals surface area contributed by atoms with E-state index in [1.54, 1.807) is 15.9 Å². The van der Waals surface area contributed by atoms with Crippen LogP contribution in [0.25, 0.3) is 5.82 Å². The molecule has 1 atom stereocenters. The van der Waals surface area contributed by atoms with Crippen molar-refractivity contribution in [3.63, 3.8) is 0 Å². The molecule has 0 spiro atoms. The summed E-state index contributed by atoms with van der Waals surface area (Å²) in [6.07, 6.45) is 3.29. The largest absolute Gasteiger partial charge is 0.352 e. The summed E-state index contributed by atoms with van der Waals surface area (Å²) in [5, 5.41) is 12.6. The van der Waals surface area contributed by atoms with Gasteiger partial charge in [-0.2, -0.15) is 5.10 Å². The van der Waals surface area contributed by atoms with Crippen molar-refractivity contribution in [3.8, 4) is 5.82 Å². The van der Waals surface area contributed by atoms with Crippen LogP contribution in [-0.4, -0.2) is 74.4 Å². The summed E-state index contributed by atoms with van der Waals surface area (Å²) in [5.74, 6) is 1.14. The summed E-state index contributed by atoms with van der Waals surface area (Å²) in [6.45, 7) is 7.06. The molecule has 2 saturated heterocycles. The van der Waals surface area contributed by atoms with Crippen LogP contribution in [0.3, 0.4) is 0 Å². The maximum Gasteiger partial charge on any atom is 0.228 e. The van der Waals surface area contributed by atoms with Gasteiger partial charge in [0.05, 0.1) is 5.92 Å². The molecule has 0 saturated carbocycles. The van der Waals surface area contributed by atoms with Gasteiger partial charge in [0.1, 0.15) is 12.7 Å². The highest BCUT2D eigenvalue weighted by Crippen LogP contribution is 2.28.